The van der Waals surface area contributed by atoms with E-state index >= 15 is 0 Å². The van der Waals surface area contributed by atoms with Gasteiger partial charge in [0.15, 0.2) is 11.6 Å². The molecular formula is C32H37N5O3S. The second kappa shape index (κ2) is 14.1. The van der Waals surface area contributed by atoms with Crippen LogP contribution < -0.4 is 24.8 Å². The zero-order valence-electron chi connectivity index (χ0n) is 23.6. The molecule has 1 amide bonds. The molecule has 0 radical (unpaired) electrons. The third-order valence-corrected chi connectivity index (χ3v) is 8.11. The van der Waals surface area contributed by atoms with Gasteiger partial charge in [0.25, 0.3) is 0 Å². The van der Waals surface area contributed by atoms with Gasteiger partial charge in [-0.2, -0.15) is 0 Å². The molecule has 0 aliphatic heterocycles. The minimum Gasteiger partial charge on any atom is -0.497 e. The first-order valence-corrected chi connectivity index (χ1v) is 15.0. The lowest BCUT2D eigenvalue weighted by molar-refractivity contribution is -0.116. The summed E-state index contributed by atoms with van der Waals surface area (Å²) < 4.78 is 14.2. The standard InChI is InChI=1S/C32H37N5O3S/c1-39-25-18-24(19-26(21-25)40-2)34-31-32(36-29-15-8-7-14-28(29)35-31)37-41-27-13-9-12-23(20-27)33-30(38)17-16-22-10-5-3-4-6-11-22/h7-9,12-15,18-22H,3-6,10-11,16-17H2,1-2H3,(H,33,38)(H,34,35)(H,36,37). The maximum atomic E-state index is 12.7. The normalized spacial score (nSPS) is 13.8. The first-order chi connectivity index (χ1) is 20.1. The number of hydrogen-bond donors (Lipinski definition) is 3. The Balaban J connectivity index is 1.28. The fourth-order valence-electron chi connectivity index (χ4n) is 5.13. The van der Waals surface area contributed by atoms with E-state index in [0.717, 1.165) is 33.7 Å². The summed E-state index contributed by atoms with van der Waals surface area (Å²) >= 11 is 1.41. The molecule has 4 aromatic rings. The SMILES string of the molecule is COc1cc(Nc2nc3ccccc3nc2NSc2cccc(NC(=O)CCC3CCCCCC3)c2)cc(OC)c1. The highest BCUT2D eigenvalue weighted by molar-refractivity contribution is 8.00. The van der Waals surface area contributed by atoms with Crippen molar-refractivity contribution in [1.82, 2.24) is 9.97 Å². The van der Waals surface area contributed by atoms with E-state index in [1.165, 1.54) is 50.5 Å². The number of nitrogens with one attached hydrogen (secondary N) is 3. The Labute approximate surface area is 245 Å². The number of fused-ring (bicyclic) bond motifs is 1. The summed E-state index contributed by atoms with van der Waals surface area (Å²) in [5.74, 6) is 3.22. The summed E-state index contributed by atoms with van der Waals surface area (Å²) in [7, 11) is 3.24. The minimum absolute atomic E-state index is 0.0740. The van der Waals surface area contributed by atoms with Gasteiger partial charge in [0.05, 0.1) is 25.3 Å². The average Bonchev–Trinajstić information content (AvgIpc) is 3.28. The van der Waals surface area contributed by atoms with Crippen molar-refractivity contribution in [3.63, 3.8) is 0 Å². The molecule has 1 aliphatic rings. The molecule has 3 aromatic carbocycles. The molecule has 0 saturated heterocycles. The van der Waals surface area contributed by atoms with Crippen LogP contribution in [0, 0.1) is 5.92 Å². The molecule has 0 bridgehead atoms. The Morgan fingerprint density at radius 3 is 2.20 bits per heavy atom. The van der Waals surface area contributed by atoms with Crippen molar-refractivity contribution in [2.45, 2.75) is 56.3 Å². The largest absolute Gasteiger partial charge is 0.497 e. The molecule has 0 spiro atoms. The summed E-state index contributed by atoms with van der Waals surface area (Å²) in [5, 5.41) is 6.45. The number of anilines is 4. The van der Waals surface area contributed by atoms with E-state index in [9.17, 15) is 4.79 Å². The Hall–Kier alpha value is -3.98. The lowest BCUT2D eigenvalue weighted by Gasteiger charge is -2.15. The second-order valence-electron chi connectivity index (χ2n) is 10.3. The van der Waals surface area contributed by atoms with E-state index in [0.29, 0.717) is 35.5 Å². The van der Waals surface area contributed by atoms with E-state index in [-0.39, 0.29) is 5.91 Å². The predicted octanol–water partition coefficient (Wildman–Crippen LogP) is 8.20. The van der Waals surface area contributed by atoms with Crippen molar-refractivity contribution in [2.24, 2.45) is 5.92 Å². The number of hydrogen-bond acceptors (Lipinski definition) is 8. The minimum atomic E-state index is 0.0740. The maximum absolute atomic E-state index is 12.7. The molecule has 1 saturated carbocycles. The van der Waals surface area contributed by atoms with E-state index in [4.69, 9.17) is 19.4 Å². The van der Waals surface area contributed by atoms with Gasteiger partial charge in [-0.1, -0.05) is 56.7 Å². The van der Waals surface area contributed by atoms with Crippen LogP contribution in [0.2, 0.25) is 0 Å². The highest BCUT2D eigenvalue weighted by atomic mass is 32.2. The quantitative estimate of drug-likeness (QED) is 0.122. The Kier molecular flexibility index (Phi) is 9.80. The highest BCUT2D eigenvalue weighted by Gasteiger charge is 2.15. The molecule has 1 aromatic heterocycles. The van der Waals surface area contributed by atoms with Crippen molar-refractivity contribution in [3.8, 4) is 11.5 Å². The lowest BCUT2D eigenvalue weighted by Crippen LogP contribution is -2.13. The molecule has 1 heterocycles. The van der Waals surface area contributed by atoms with Crippen LogP contribution in [-0.2, 0) is 4.79 Å². The van der Waals surface area contributed by atoms with Crippen molar-refractivity contribution < 1.29 is 14.3 Å². The Morgan fingerprint density at radius 2 is 1.51 bits per heavy atom. The number of benzene rings is 3. The fraction of sp³-hybridized carbons (Fsp3) is 0.344. The number of carbonyl (C=O) groups is 1. The molecule has 5 rings (SSSR count). The number of ether oxygens (including phenoxy) is 2. The van der Waals surface area contributed by atoms with E-state index in [1.807, 2.05) is 66.7 Å². The van der Waals surface area contributed by atoms with E-state index in [2.05, 4.69) is 15.4 Å². The fourth-order valence-corrected chi connectivity index (χ4v) is 5.82. The number of rotatable bonds is 11. The van der Waals surface area contributed by atoms with E-state index in [1.54, 1.807) is 14.2 Å². The van der Waals surface area contributed by atoms with Crippen LogP contribution in [0.15, 0.2) is 71.6 Å². The number of para-hydroxylation sites is 2. The van der Waals surface area contributed by atoms with Gasteiger partial charge in [0, 0.05) is 40.9 Å². The van der Waals surface area contributed by atoms with Gasteiger partial charge < -0.3 is 24.8 Å². The lowest BCUT2D eigenvalue weighted by atomic mass is 9.95. The van der Waals surface area contributed by atoms with E-state index < -0.39 is 0 Å². The molecule has 9 heteroatoms. The van der Waals surface area contributed by atoms with Crippen molar-refractivity contribution in [3.05, 3.63) is 66.7 Å². The molecule has 1 aliphatic carbocycles. The zero-order valence-corrected chi connectivity index (χ0v) is 24.4. The number of amides is 1. The number of aromatic nitrogens is 2. The summed E-state index contributed by atoms with van der Waals surface area (Å²) in [4.78, 5) is 23.3. The molecular weight excluding hydrogens is 534 g/mol. The Morgan fingerprint density at radius 1 is 0.829 bits per heavy atom. The summed E-state index contributed by atoms with van der Waals surface area (Å²) in [6.07, 6.45) is 9.30. The molecule has 1 fully saturated rings. The summed E-state index contributed by atoms with van der Waals surface area (Å²) in [6, 6.07) is 21.1. The van der Waals surface area contributed by atoms with Crippen LogP contribution in [0.4, 0.5) is 23.0 Å². The number of methoxy groups -OCH3 is 2. The molecule has 8 nitrogen and oxygen atoms in total. The van der Waals surface area contributed by atoms with Gasteiger partial charge in [-0.05, 0) is 54.6 Å². The predicted molar refractivity (Wildman–Crippen MR) is 167 cm³/mol. The zero-order chi connectivity index (χ0) is 28.4. The Bertz CT molecular complexity index is 1450. The third-order valence-electron chi connectivity index (χ3n) is 7.32. The van der Waals surface area contributed by atoms with Gasteiger partial charge in [-0.3, -0.25) is 4.79 Å². The smallest absolute Gasteiger partial charge is 0.224 e. The van der Waals surface area contributed by atoms with Crippen molar-refractivity contribution in [2.75, 3.05) is 29.6 Å². The monoisotopic (exact) mass is 571 g/mol. The molecule has 3 N–H and O–H groups in total. The van der Waals surface area contributed by atoms with Crippen molar-refractivity contribution >= 4 is 51.9 Å². The first-order valence-electron chi connectivity index (χ1n) is 14.2. The summed E-state index contributed by atoms with van der Waals surface area (Å²) in [6.45, 7) is 0. The van der Waals surface area contributed by atoms with Crippen LogP contribution in [0.1, 0.15) is 51.4 Å². The topological polar surface area (TPSA) is 97.4 Å². The van der Waals surface area contributed by atoms with Crippen molar-refractivity contribution in [1.29, 1.82) is 0 Å². The number of nitrogens with zero attached hydrogens (tertiary/aromatic N) is 2. The molecule has 41 heavy (non-hydrogen) atoms. The number of carbonyl (C=O) groups excluding carboxylic acids is 1. The third kappa shape index (κ3) is 8.04. The summed E-state index contributed by atoms with van der Waals surface area (Å²) in [5.41, 5.74) is 3.09. The molecule has 0 atom stereocenters. The van der Waals surface area contributed by atoms with Gasteiger partial charge in [0.2, 0.25) is 5.91 Å². The highest BCUT2D eigenvalue weighted by Crippen LogP contribution is 2.33. The van der Waals surface area contributed by atoms with Gasteiger partial charge in [-0.15, -0.1) is 0 Å². The molecule has 0 unspecified atom stereocenters. The molecule has 214 valence electrons. The maximum Gasteiger partial charge on any atom is 0.224 e. The van der Waals surface area contributed by atoms with Gasteiger partial charge in [-0.25, -0.2) is 9.97 Å². The van der Waals surface area contributed by atoms with Gasteiger partial charge in [0.1, 0.15) is 11.5 Å². The van der Waals surface area contributed by atoms with Gasteiger partial charge >= 0.3 is 0 Å². The van der Waals surface area contributed by atoms with Crippen LogP contribution >= 0.6 is 11.9 Å². The van der Waals surface area contributed by atoms with Crippen LogP contribution in [0.3, 0.4) is 0 Å². The first kappa shape index (κ1) is 28.5. The second-order valence-corrected chi connectivity index (χ2v) is 11.2. The van der Waals surface area contributed by atoms with Crippen LogP contribution in [0.25, 0.3) is 11.0 Å². The van der Waals surface area contributed by atoms with Crippen LogP contribution in [0.5, 0.6) is 11.5 Å². The average molecular weight is 572 g/mol. The van der Waals surface area contributed by atoms with Crippen LogP contribution in [-0.4, -0.2) is 30.1 Å².